The summed E-state index contributed by atoms with van der Waals surface area (Å²) >= 11 is 5.86. The predicted octanol–water partition coefficient (Wildman–Crippen LogP) is 1.67. The van der Waals surface area contributed by atoms with E-state index in [4.69, 9.17) is 16.1 Å². The number of likely N-dealkylation sites (tertiary alicyclic amines) is 1. The molecule has 8 heteroatoms. The normalized spacial score (nSPS) is 19.1. The molecule has 2 atom stereocenters. The highest BCUT2D eigenvalue weighted by Gasteiger charge is 2.35. The van der Waals surface area contributed by atoms with Crippen molar-refractivity contribution in [3.05, 3.63) is 46.6 Å². The highest BCUT2D eigenvalue weighted by molar-refractivity contribution is 6.30. The second-order valence-corrected chi connectivity index (χ2v) is 6.60. The molecule has 0 bridgehead atoms. The van der Waals surface area contributed by atoms with Gasteiger partial charge in [-0.05, 0) is 37.5 Å². The Morgan fingerprint density at radius 2 is 2.24 bits per heavy atom. The Hall–Kier alpha value is -1.96. The lowest BCUT2D eigenvalue weighted by molar-refractivity contribution is -0.129. The minimum absolute atomic E-state index is 0.0896. The molecule has 25 heavy (non-hydrogen) atoms. The van der Waals surface area contributed by atoms with Crippen molar-refractivity contribution >= 4 is 17.5 Å². The Labute approximate surface area is 151 Å². The number of rotatable bonds is 6. The molecule has 0 spiro atoms. The van der Waals surface area contributed by atoms with Crippen LogP contribution in [-0.2, 0) is 17.8 Å². The Bertz CT molecular complexity index is 719. The van der Waals surface area contributed by atoms with E-state index in [9.17, 15) is 9.90 Å². The SMILES string of the molecule is Cc1noc(CC(O)N2CCCC2C(=O)NCc2ccc(Cl)cc2)n1. The summed E-state index contributed by atoms with van der Waals surface area (Å²) in [5.74, 6) is 0.811. The highest BCUT2D eigenvalue weighted by atomic mass is 35.5. The van der Waals surface area contributed by atoms with Gasteiger partial charge in [-0.2, -0.15) is 4.98 Å². The van der Waals surface area contributed by atoms with Crippen molar-refractivity contribution in [3.63, 3.8) is 0 Å². The van der Waals surface area contributed by atoms with Crippen LogP contribution in [0.15, 0.2) is 28.8 Å². The average molecular weight is 365 g/mol. The molecule has 7 nitrogen and oxygen atoms in total. The van der Waals surface area contributed by atoms with E-state index >= 15 is 0 Å². The van der Waals surface area contributed by atoms with E-state index in [0.717, 1.165) is 12.0 Å². The number of aryl methyl sites for hydroxylation is 1. The van der Waals surface area contributed by atoms with E-state index < -0.39 is 6.23 Å². The van der Waals surface area contributed by atoms with Crippen LogP contribution >= 0.6 is 11.6 Å². The molecule has 1 aliphatic heterocycles. The summed E-state index contributed by atoms with van der Waals surface area (Å²) in [6, 6.07) is 6.98. The Balaban J connectivity index is 1.56. The average Bonchev–Trinajstić information content (AvgIpc) is 3.23. The van der Waals surface area contributed by atoms with Crippen LogP contribution in [0.25, 0.3) is 0 Å². The van der Waals surface area contributed by atoms with Crippen LogP contribution in [0, 0.1) is 6.92 Å². The van der Waals surface area contributed by atoms with Crippen LogP contribution in [0.1, 0.15) is 30.1 Å². The van der Waals surface area contributed by atoms with Crippen molar-refractivity contribution in [3.8, 4) is 0 Å². The molecule has 2 N–H and O–H groups in total. The number of nitrogens with one attached hydrogen (secondary N) is 1. The second-order valence-electron chi connectivity index (χ2n) is 6.16. The number of nitrogens with zero attached hydrogens (tertiary/aromatic N) is 3. The molecule has 1 aromatic carbocycles. The fraction of sp³-hybridized carbons (Fsp3) is 0.471. The van der Waals surface area contributed by atoms with Crippen molar-refractivity contribution in [1.82, 2.24) is 20.4 Å². The number of aliphatic hydroxyl groups is 1. The van der Waals surface area contributed by atoms with Gasteiger partial charge < -0.3 is 14.9 Å². The number of carbonyl (C=O) groups excluding carboxylic acids is 1. The molecule has 2 unspecified atom stereocenters. The quantitative estimate of drug-likeness (QED) is 0.810. The van der Waals surface area contributed by atoms with Crippen molar-refractivity contribution in [2.24, 2.45) is 0 Å². The summed E-state index contributed by atoms with van der Waals surface area (Å²) in [5, 5.41) is 17.8. The number of aromatic nitrogens is 2. The van der Waals surface area contributed by atoms with Crippen molar-refractivity contribution in [2.75, 3.05) is 6.54 Å². The predicted molar refractivity (Wildman–Crippen MR) is 91.8 cm³/mol. The molecule has 0 aliphatic carbocycles. The number of carbonyl (C=O) groups is 1. The highest BCUT2D eigenvalue weighted by Crippen LogP contribution is 2.21. The maximum absolute atomic E-state index is 12.5. The molecular formula is C17H21ClN4O3. The van der Waals surface area contributed by atoms with Gasteiger partial charge in [0.25, 0.3) is 0 Å². The Morgan fingerprint density at radius 1 is 1.48 bits per heavy atom. The van der Waals surface area contributed by atoms with Crippen LogP contribution in [0.5, 0.6) is 0 Å². The number of hydrogen-bond donors (Lipinski definition) is 2. The van der Waals surface area contributed by atoms with Crippen LogP contribution in [0.3, 0.4) is 0 Å². The van der Waals surface area contributed by atoms with Crippen molar-refractivity contribution in [1.29, 1.82) is 0 Å². The molecule has 1 aromatic heterocycles. The van der Waals surface area contributed by atoms with E-state index in [1.54, 1.807) is 24.0 Å². The van der Waals surface area contributed by atoms with Gasteiger partial charge in [0.15, 0.2) is 5.82 Å². The number of amides is 1. The first-order valence-electron chi connectivity index (χ1n) is 8.28. The fourth-order valence-corrected chi connectivity index (χ4v) is 3.16. The van der Waals surface area contributed by atoms with Gasteiger partial charge in [-0.1, -0.05) is 28.9 Å². The molecular weight excluding hydrogens is 344 g/mol. The molecule has 134 valence electrons. The first-order valence-corrected chi connectivity index (χ1v) is 8.66. The van der Waals surface area contributed by atoms with Crippen molar-refractivity contribution in [2.45, 2.75) is 45.0 Å². The summed E-state index contributed by atoms with van der Waals surface area (Å²) in [4.78, 5) is 18.4. The van der Waals surface area contributed by atoms with Crippen LogP contribution in [-0.4, -0.2) is 44.9 Å². The molecule has 0 saturated carbocycles. The molecule has 1 amide bonds. The van der Waals surface area contributed by atoms with E-state index in [2.05, 4.69) is 15.5 Å². The Kier molecular flexibility index (Phi) is 5.67. The summed E-state index contributed by atoms with van der Waals surface area (Å²) < 4.78 is 5.05. The molecule has 2 heterocycles. The second kappa shape index (κ2) is 7.95. The van der Waals surface area contributed by atoms with Gasteiger partial charge in [0.2, 0.25) is 11.8 Å². The Morgan fingerprint density at radius 3 is 2.92 bits per heavy atom. The van der Waals surface area contributed by atoms with Gasteiger partial charge >= 0.3 is 0 Å². The van der Waals surface area contributed by atoms with E-state index in [0.29, 0.717) is 36.2 Å². The van der Waals surface area contributed by atoms with Gasteiger partial charge in [-0.15, -0.1) is 0 Å². The summed E-state index contributed by atoms with van der Waals surface area (Å²) in [5.41, 5.74) is 0.976. The standard InChI is InChI=1S/C17H21ClN4O3/c1-11-20-15(25-21-11)9-16(23)22-8-2-3-14(22)17(24)19-10-12-4-6-13(18)7-5-12/h4-7,14,16,23H,2-3,8-10H2,1H3,(H,19,24). The van der Waals surface area contributed by atoms with Gasteiger partial charge in [-0.3, -0.25) is 9.69 Å². The van der Waals surface area contributed by atoms with Crippen LogP contribution in [0.4, 0.5) is 0 Å². The summed E-state index contributed by atoms with van der Waals surface area (Å²) in [6.45, 7) is 2.81. The topological polar surface area (TPSA) is 91.5 Å². The van der Waals surface area contributed by atoms with E-state index in [-0.39, 0.29) is 18.4 Å². The van der Waals surface area contributed by atoms with Gasteiger partial charge in [-0.25, -0.2) is 0 Å². The van der Waals surface area contributed by atoms with Gasteiger partial charge in [0.1, 0.15) is 6.23 Å². The monoisotopic (exact) mass is 364 g/mol. The van der Waals surface area contributed by atoms with Gasteiger partial charge in [0, 0.05) is 18.1 Å². The molecule has 2 aromatic rings. The zero-order valence-electron chi connectivity index (χ0n) is 14.0. The molecule has 1 fully saturated rings. The first kappa shape index (κ1) is 17.8. The maximum Gasteiger partial charge on any atom is 0.237 e. The lowest BCUT2D eigenvalue weighted by Crippen LogP contribution is -2.48. The van der Waals surface area contributed by atoms with Crippen LogP contribution in [0.2, 0.25) is 5.02 Å². The minimum Gasteiger partial charge on any atom is -0.378 e. The third kappa shape index (κ3) is 4.56. The minimum atomic E-state index is -0.825. The first-order chi connectivity index (χ1) is 12.0. The van der Waals surface area contributed by atoms with E-state index in [1.807, 2.05) is 12.1 Å². The summed E-state index contributed by atoms with van der Waals surface area (Å²) in [6.07, 6.45) is 0.960. The largest absolute Gasteiger partial charge is 0.378 e. The van der Waals surface area contributed by atoms with E-state index in [1.165, 1.54) is 0 Å². The lowest BCUT2D eigenvalue weighted by Gasteiger charge is -2.27. The van der Waals surface area contributed by atoms with Crippen molar-refractivity contribution < 1.29 is 14.4 Å². The lowest BCUT2D eigenvalue weighted by atomic mass is 10.1. The smallest absolute Gasteiger partial charge is 0.237 e. The molecule has 1 aliphatic rings. The number of halogens is 1. The number of aliphatic hydroxyl groups excluding tert-OH is 1. The molecule has 1 saturated heterocycles. The summed E-state index contributed by atoms with van der Waals surface area (Å²) in [7, 11) is 0. The van der Waals surface area contributed by atoms with Gasteiger partial charge in [0.05, 0.1) is 12.5 Å². The zero-order chi connectivity index (χ0) is 17.8. The number of benzene rings is 1. The number of hydrogen-bond acceptors (Lipinski definition) is 6. The fourth-order valence-electron chi connectivity index (χ4n) is 3.03. The zero-order valence-corrected chi connectivity index (χ0v) is 14.7. The third-order valence-corrected chi connectivity index (χ3v) is 4.54. The third-order valence-electron chi connectivity index (χ3n) is 4.29. The molecule has 0 radical (unpaired) electrons. The molecule has 3 rings (SSSR count). The van der Waals surface area contributed by atoms with Crippen LogP contribution < -0.4 is 5.32 Å². The maximum atomic E-state index is 12.5.